The van der Waals surface area contributed by atoms with Gasteiger partial charge in [-0.25, -0.2) is 4.39 Å². The molecule has 0 spiro atoms. The van der Waals surface area contributed by atoms with Crippen LogP contribution in [0.5, 0.6) is 5.75 Å². The number of nitrogens with one attached hydrogen (secondary N) is 1. The Balaban J connectivity index is 1.73. The van der Waals surface area contributed by atoms with E-state index in [1.54, 1.807) is 18.2 Å². The zero-order valence-corrected chi connectivity index (χ0v) is 10.4. The van der Waals surface area contributed by atoms with Gasteiger partial charge in [0, 0.05) is 13.0 Å². The Morgan fingerprint density at radius 3 is 3.00 bits per heavy atom. The molecule has 100 valence electrons. The van der Waals surface area contributed by atoms with Crippen LogP contribution in [-0.4, -0.2) is 30.9 Å². The lowest BCUT2D eigenvalue weighted by molar-refractivity contribution is 0.0696. The second kappa shape index (κ2) is 6.71. The van der Waals surface area contributed by atoms with Crippen molar-refractivity contribution in [2.75, 3.05) is 19.7 Å². The van der Waals surface area contributed by atoms with Crippen LogP contribution in [0.25, 0.3) is 0 Å². The van der Waals surface area contributed by atoms with Crippen LogP contribution in [0.4, 0.5) is 4.39 Å². The molecule has 1 aromatic rings. The van der Waals surface area contributed by atoms with Crippen LogP contribution >= 0.6 is 0 Å². The van der Waals surface area contributed by atoms with Crippen LogP contribution < -0.4 is 10.1 Å². The molecule has 0 saturated carbocycles. The van der Waals surface area contributed by atoms with Gasteiger partial charge in [0.1, 0.15) is 0 Å². The maximum Gasteiger partial charge on any atom is 0.165 e. The summed E-state index contributed by atoms with van der Waals surface area (Å²) < 4.78 is 18.6. The van der Waals surface area contributed by atoms with Crippen molar-refractivity contribution in [1.82, 2.24) is 5.32 Å². The molecular formula is C14H20FNO2. The quantitative estimate of drug-likeness (QED) is 0.843. The second-order valence-electron chi connectivity index (χ2n) is 4.74. The normalized spacial score (nSPS) is 21.6. The van der Waals surface area contributed by atoms with Crippen molar-refractivity contribution in [3.05, 3.63) is 30.1 Å². The van der Waals surface area contributed by atoms with E-state index in [-0.39, 0.29) is 17.7 Å². The maximum atomic E-state index is 13.3. The molecule has 2 rings (SSSR count). The summed E-state index contributed by atoms with van der Waals surface area (Å²) in [4.78, 5) is 0. The summed E-state index contributed by atoms with van der Waals surface area (Å²) in [6, 6.07) is 6.34. The Morgan fingerprint density at radius 2 is 2.28 bits per heavy atom. The Morgan fingerprint density at radius 1 is 1.44 bits per heavy atom. The number of benzene rings is 1. The van der Waals surface area contributed by atoms with Gasteiger partial charge in [-0.1, -0.05) is 12.1 Å². The topological polar surface area (TPSA) is 41.5 Å². The number of aliphatic hydroxyl groups excluding tert-OH is 1. The standard InChI is InChI=1S/C14H20FNO2/c15-12-5-1-2-6-14(12)18-9-7-13(17)11-4-3-8-16-10-11/h1-2,5-6,11,13,16-17H,3-4,7-10H2. The van der Waals surface area contributed by atoms with Gasteiger partial charge < -0.3 is 15.2 Å². The third-order valence-electron chi connectivity index (χ3n) is 3.39. The van der Waals surface area contributed by atoms with Gasteiger partial charge in [0.05, 0.1) is 12.7 Å². The molecule has 0 bridgehead atoms. The average Bonchev–Trinajstić information content (AvgIpc) is 2.42. The molecular weight excluding hydrogens is 233 g/mol. The molecule has 1 heterocycles. The van der Waals surface area contributed by atoms with E-state index in [1.807, 2.05) is 0 Å². The fourth-order valence-electron chi connectivity index (χ4n) is 2.29. The number of ether oxygens (including phenoxy) is 1. The van der Waals surface area contributed by atoms with Crippen molar-refractivity contribution in [3.8, 4) is 5.75 Å². The zero-order valence-electron chi connectivity index (χ0n) is 10.4. The molecule has 0 radical (unpaired) electrons. The van der Waals surface area contributed by atoms with Crippen molar-refractivity contribution >= 4 is 0 Å². The van der Waals surface area contributed by atoms with E-state index >= 15 is 0 Å². The monoisotopic (exact) mass is 253 g/mol. The van der Waals surface area contributed by atoms with Crippen LogP contribution in [-0.2, 0) is 0 Å². The van der Waals surface area contributed by atoms with Gasteiger partial charge in [-0.2, -0.15) is 0 Å². The third-order valence-corrected chi connectivity index (χ3v) is 3.39. The number of aliphatic hydroxyl groups is 1. The third kappa shape index (κ3) is 3.68. The molecule has 0 amide bonds. The van der Waals surface area contributed by atoms with E-state index in [0.29, 0.717) is 18.9 Å². The minimum absolute atomic E-state index is 0.256. The van der Waals surface area contributed by atoms with Crippen molar-refractivity contribution in [3.63, 3.8) is 0 Å². The highest BCUT2D eigenvalue weighted by molar-refractivity contribution is 5.23. The molecule has 1 aliphatic rings. The first-order chi connectivity index (χ1) is 8.77. The Hall–Kier alpha value is -1.13. The highest BCUT2D eigenvalue weighted by Gasteiger charge is 2.21. The molecule has 1 aliphatic heterocycles. The summed E-state index contributed by atoms with van der Waals surface area (Å²) in [5.41, 5.74) is 0. The summed E-state index contributed by atoms with van der Waals surface area (Å²) in [5, 5.41) is 13.3. The first kappa shape index (κ1) is 13.3. The maximum absolute atomic E-state index is 13.3. The van der Waals surface area contributed by atoms with Crippen molar-refractivity contribution in [2.45, 2.75) is 25.4 Å². The zero-order chi connectivity index (χ0) is 12.8. The van der Waals surface area contributed by atoms with Crippen LogP contribution in [0.2, 0.25) is 0 Å². The predicted molar refractivity (Wildman–Crippen MR) is 68.1 cm³/mol. The molecule has 1 aromatic carbocycles. The van der Waals surface area contributed by atoms with Crippen molar-refractivity contribution in [1.29, 1.82) is 0 Å². The van der Waals surface area contributed by atoms with Gasteiger partial charge in [-0.15, -0.1) is 0 Å². The summed E-state index contributed by atoms with van der Waals surface area (Å²) in [7, 11) is 0. The van der Waals surface area contributed by atoms with E-state index in [1.165, 1.54) is 6.07 Å². The fraction of sp³-hybridized carbons (Fsp3) is 0.571. The van der Waals surface area contributed by atoms with E-state index in [4.69, 9.17) is 4.74 Å². The predicted octanol–water partition coefficient (Wildman–Crippen LogP) is 1.96. The first-order valence-electron chi connectivity index (χ1n) is 6.53. The van der Waals surface area contributed by atoms with Gasteiger partial charge in [-0.3, -0.25) is 0 Å². The number of piperidine rings is 1. The van der Waals surface area contributed by atoms with E-state index in [2.05, 4.69) is 5.32 Å². The first-order valence-corrected chi connectivity index (χ1v) is 6.53. The lowest BCUT2D eigenvalue weighted by Crippen LogP contribution is -2.37. The SMILES string of the molecule is OC(CCOc1ccccc1F)C1CCCNC1. The van der Waals surface area contributed by atoms with Gasteiger partial charge in [-0.05, 0) is 37.4 Å². The van der Waals surface area contributed by atoms with Gasteiger partial charge in [0.15, 0.2) is 11.6 Å². The van der Waals surface area contributed by atoms with Crippen molar-refractivity contribution in [2.24, 2.45) is 5.92 Å². The van der Waals surface area contributed by atoms with Crippen LogP contribution in [0.1, 0.15) is 19.3 Å². The average molecular weight is 253 g/mol. The largest absolute Gasteiger partial charge is 0.490 e. The minimum atomic E-state index is -0.371. The molecule has 18 heavy (non-hydrogen) atoms. The molecule has 2 N–H and O–H groups in total. The molecule has 4 heteroatoms. The van der Waals surface area contributed by atoms with Crippen molar-refractivity contribution < 1.29 is 14.2 Å². The minimum Gasteiger partial charge on any atom is -0.490 e. The number of hydrogen-bond donors (Lipinski definition) is 2. The number of halogens is 1. The van der Waals surface area contributed by atoms with E-state index < -0.39 is 0 Å². The highest BCUT2D eigenvalue weighted by atomic mass is 19.1. The van der Waals surface area contributed by atoms with Gasteiger partial charge >= 0.3 is 0 Å². The Bertz CT molecular complexity index is 367. The van der Waals surface area contributed by atoms with Crippen LogP contribution in [0, 0.1) is 11.7 Å². The molecule has 2 atom stereocenters. The molecule has 1 saturated heterocycles. The van der Waals surface area contributed by atoms with E-state index in [9.17, 15) is 9.50 Å². The Labute approximate surface area is 107 Å². The summed E-state index contributed by atoms with van der Waals surface area (Å²) in [5.74, 6) is 0.195. The molecule has 0 aromatic heterocycles. The fourth-order valence-corrected chi connectivity index (χ4v) is 2.29. The van der Waals surface area contributed by atoms with Crippen LogP contribution in [0.15, 0.2) is 24.3 Å². The smallest absolute Gasteiger partial charge is 0.165 e. The second-order valence-corrected chi connectivity index (χ2v) is 4.74. The number of para-hydroxylation sites is 1. The summed E-state index contributed by atoms with van der Waals surface area (Å²) in [6.45, 7) is 2.24. The Kier molecular flexibility index (Phi) is 4.96. The summed E-state index contributed by atoms with van der Waals surface area (Å²) >= 11 is 0. The number of hydrogen-bond acceptors (Lipinski definition) is 3. The molecule has 3 nitrogen and oxygen atoms in total. The molecule has 0 aliphatic carbocycles. The lowest BCUT2D eigenvalue weighted by atomic mass is 9.92. The molecule has 1 fully saturated rings. The van der Waals surface area contributed by atoms with Crippen LogP contribution in [0.3, 0.4) is 0 Å². The highest BCUT2D eigenvalue weighted by Crippen LogP contribution is 2.19. The van der Waals surface area contributed by atoms with E-state index in [0.717, 1.165) is 25.9 Å². The molecule has 2 unspecified atom stereocenters. The van der Waals surface area contributed by atoms with Gasteiger partial charge in [0.2, 0.25) is 0 Å². The number of rotatable bonds is 5. The summed E-state index contributed by atoms with van der Waals surface area (Å²) in [6.07, 6.45) is 2.33. The van der Waals surface area contributed by atoms with Gasteiger partial charge in [0.25, 0.3) is 0 Å². The lowest BCUT2D eigenvalue weighted by Gasteiger charge is -2.27.